The number of aryl methyl sites for hydroxylation is 2. The second kappa shape index (κ2) is 8.46. The quantitative estimate of drug-likeness (QED) is 0.211. The maximum absolute atomic E-state index is 6.32. The largest absolute Gasteiger partial charge is 0.453 e. The van der Waals surface area contributed by atoms with Gasteiger partial charge in [0.15, 0.2) is 11.5 Å². The Morgan fingerprint density at radius 2 is 0.976 bits per heavy atom. The van der Waals surface area contributed by atoms with Crippen LogP contribution in [0.3, 0.4) is 0 Å². The molecule has 0 bridgehead atoms. The maximum Gasteiger partial charge on any atom is 0.151 e. The zero-order chi connectivity index (χ0) is 27.0. The number of fused-ring (bicyclic) bond motifs is 11. The third kappa shape index (κ3) is 3.02. The number of rotatable bonds is 1. The van der Waals surface area contributed by atoms with E-state index < -0.39 is 0 Å². The Bertz CT molecular complexity index is 1910. The first kappa shape index (κ1) is 22.7. The summed E-state index contributed by atoms with van der Waals surface area (Å²) in [4.78, 5) is 2.34. The predicted molar refractivity (Wildman–Crippen MR) is 166 cm³/mol. The Morgan fingerprint density at radius 1 is 0.463 bits per heavy atom. The van der Waals surface area contributed by atoms with E-state index in [4.69, 9.17) is 4.74 Å². The molecular weight excluding hydrogens is 498 g/mol. The lowest BCUT2D eigenvalue weighted by atomic mass is 9.66. The fraction of sp³-hybridized carbons (Fsp3) is 0.0769. The number of hydrogen-bond acceptors (Lipinski definition) is 2. The van der Waals surface area contributed by atoms with Crippen molar-refractivity contribution < 1.29 is 4.74 Å². The summed E-state index contributed by atoms with van der Waals surface area (Å²) in [6.07, 6.45) is 2.09. The molecule has 2 heteroatoms. The van der Waals surface area contributed by atoms with Crippen molar-refractivity contribution in [2.45, 2.75) is 18.3 Å². The first-order valence-electron chi connectivity index (χ1n) is 14.4. The molecule has 0 aromatic heterocycles. The fourth-order valence-electron chi connectivity index (χ4n) is 7.60. The third-order valence-electron chi connectivity index (χ3n) is 9.23. The fourth-order valence-corrected chi connectivity index (χ4v) is 7.60. The van der Waals surface area contributed by atoms with Crippen molar-refractivity contribution in [1.82, 2.24) is 0 Å². The van der Waals surface area contributed by atoms with Gasteiger partial charge in [-0.15, -0.1) is 0 Å². The van der Waals surface area contributed by atoms with Gasteiger partial charge in [-0.1, -0.05) is 103 Å². The molecule has 1 spiro atoms. The van der Waals surface area contributed by atoms with E-state index in [0.29, 0.717) is 0 Å². The standard InChI is InChI=1S/C39H27NO/c1-4-14-31-26(11-1)21-22-27-12-2-5-15-32(27)39(31)33-16-6-3-13-29(33)30-25-28(23-24-34(30)39)40-35-17-7-9-19-37(35)41-38-20-10-8-18-36(38)40/h1-20,23-25H,21-22H2. The molecule has 2 nitrogen and oxygen atoms in total. The van der Waals surface area contributed by atoms with Crippen molar-refractivity contribution in [2.75, 3.05) is 4.90 Å². The molecule has 1 heterocycles. The van der Waals surface area contributed by atoms with Crippen LogP contribution in [-0.4, -0.2) is 0 Å². The number of para-hydroxylation sites is 4. The Kier molecular flexibility index (Phi) is 4.68. The Balaban J connectivity index is 1.36. The highest BCUT2D eigenvalue weighted by Gasteiger charge is 2.49. The minimum Gasteiger partial charge on any atom is -0.453 e. The van der Waals surface area contributed by atoms with Gasteiger partial charge in [-0.3, -0.25) is 0 Å². The highest BCUT2D eigenvalue weighted by molar-refractivity contribution is 5.92. The van der Waals surface area contributed by atoms with E-state index in [0.717, 1.165) is 41.4 Å². The first-order chi connectivity index (χ1) is 20.3. The molecule has 0 N–H and O–H groups in total. The molecule has 0 fully saturated rings. The number of ether oxygens (including phenoxy) is 1. The minimum atomic E-state index is -0.352. The number of anilines is 3. The first-order valence-corrected chi connectivity index (χ1v) is 14.4. The second-order valence-corrected chi connectivity index (χ2v) is 11.2. The summed E-state index contributed by atoms with van der Waals surface area (Å²) in [5, 5.41) is 0. The van der Waals surface area contributed by atoms with Crippen LogP contribution in [0.15, 0.2) is 140 Å². The van der Waals surface area contributed by atoms with Crippen LogP contribution in [0.2, 0.25) is 0 Å². The molecule has 194 valence electrons. The van der Waals surface area contributed by atoms with Crippen LogP contribution in [0.1, 0.15) is 33.4 Å². The molecule has 41 heavy (non-hydrogen) atoms. The van der Waals surface area contributed by atoms with Crippen LogP contribution < -0.4 is 9.64 Å². The van der Waals surface area contributed by atoms with Gasteiger partial charge < -0.3 is 9.64 Å². The van der Waals surface area contributed by atoms with Crippen LogP contribution in [0, 0.1) is 0 Å². The van der Waals surface area contributed by atoms with Crippen LogP contribution >= 0.6 is 0 Å². The molecule has 0 radical (unpaired) electrons. The number of hydrogen-bond donors (Lipinski definition) is 0. The van der Waals surface area contributed by atoms with Gasteiger partial charge in [0.1, 0.15) is 0 Å². The second-order valence-electron chi connectivity index (χ2n) is 11.2. The SMILES string of the molecule is c1ccc2c(c1)CCc1ccccc1C21c2ccccc2-c2cc(N3c4ccccc4Oc4ccccc43)ccc21. The molecule has 0 saturated heterocycles. The van der Waals surface area contributed by atoms with Gasteiger partial charge in [0.2, 0.25) is 0 Å². The van der Waals surface area contributed by atoms with Crippen LogP contribution in [0.5, 0.6) is 11.5 Å². The molecule has 2 aliphatic carbocycles. The molecule has 0 amide bonds. The van der Waals surface area contributed by atoms with Gasteiger partial charge >= 0.3 is 0 Å². The minimum absolute atomic E-state index is 0.352. The monoisotopic (exact) mass is 525 g/mol. The highest BCUT2D eigenvalue weighted by Crippen LogP contribution is 2.60. The maximum atomic E-state index is 6.32. The Hall–Kier alpha value is -5.08. The average molecular weight is 526 g/mol. The van der Waals surface area contributed by atoms with Gasteiger partial charge in [-0.05, 0) is 93.7 Å². The number of benzene rings is 6. The van der Waals surface area contributed by atoms with E-state index in [-0.39, 0.29) is 5.41 Å². The Morgan fingerprint density at radius 3 is 1.63 bits per heavy atom. The summed E-state index contributed by atoms with van der Waals surface area (Å²) in [7, 11) is 0. The molecule has 0 unspecified atom stereocenters. The van der Waals surface area contributed by atoms with Crippen molar-refractivity contribution in [3.63, 3.8) is 0 Å². The smallest absolute Gasteiger partial charge is 0.151 e. The Labute approximate surface area is 240 Å². The number of nitrogens with zero attached hydrogens (tertiary/aromatic N) is 1. The summed E-state index contributed by atoms with van der Waals surface area (Å²) in [6.45, 7) is 0. The molecule has 0 atom stereocenters. The molecule has 0 saturated carbocycles. The van der Waals surface area contributed by atoms with Crippen LogP contribution in [0.25, 0.3) is 11.1 Å². The molecule has 1 aliphatic heterocycles. The van der Waals surface area contributed by atoms with Gasteiger partial charge in [0.25, 0.3) is 0 Å². The molecule has 9 rings (SSSR count). The molecule has 6 aromatic rings. The lowest BCUT2D eigenvalue weighted by Crippen LogP contribution is -2.30. The van der Waals surface area contributed by atoms with E-state index in [2.05, 4.69) is 132 Å². The van der Waals surface area contributed by atoms with Gasteiger partial charge in [-0.25, -0.2) is 0 Å². The lowest BCUT2D eigenvalue weighted by molar-refractivity contribution is 0.477. The van der Waals surface area contributed by atoms with E-state index in [1.54, 1.807) is 0 Å². The summed E-state index contributed by atoms with van der Waals surface area (Å²) in [5.41, 5.74) is 13.9. The van der Waals surface area contributed by atoms with Gasteiger partial charge in [0.05, 0.1) is 16.8 Å². The average Bonchev–Trinajstić information content (AvgIpc) is 3.23. The normalized spacial score (nSPS) is 15.0. The molecular formula is C39H27NO. The van der Waals surface area contributed by atoms with Crippen molar-refractivity contribution in [3.8, 4) is 22.6 Å². The van der Waals surface area contributed by atoms with Crippen LogP contribution in [0.4, 0.5) is 17.1 Å². The molecule has 6 aromatic carbocycles. The van der Waals surface area contributed by atoms with E-state index >= 15 is 0 Å². The van der Waals surface area contributed by atoms with Gasteiger partial charge in [-0.2, -0.15) is 0 Å². The van der Waals surface area contributed by atoms with Crippen molar-refractivity contribution in [1.29, 1.82) is 0 Å². The predicted octanol–water partition coefficient (Wildman–Crippen LogP) is 9.72. The van der Waals surface area contributed by atoms with Crippen LogP contribution in [-0.2, 0) is 18.3 Å². The van der Waals surface area contributed by atoms with Gasteiger partial charge in [0, 0.05) is 5.69 Å². The lowest BCUT2D eigenvalue weighted by Gasteiger charge is -2.36. The zero-order valence-electron chi connectivity index (χ0n) is 22.5. The summed E-state index contributed by atoms with van der Waals surface area (Å²) in [5.74, 6) is 1.74. The van der Waals surface area contributed by atoms with Crippen molar-refractivity contribution in [3.05, 3.63) is 173 Å². The van der Waals surface area contributed by atoms with E-state index in [9.17, 15) is 0 Å². The highest BCUT2D eigenvalue weighted by atomic mass is 16.5. The third-order valence-corrected chi connectivity index (χ3v) is 9.23. The summed E-state index contributed by atoms with van der Waals surface area (Å²) < 4.78 is 6.32. The van der Waals surface area contributed by atoms with E-state index in [1.807, 2.05) is 12.1 Å². The summed E-state index contributed by atoms with van der Waals surface area (Å²) >= 11 is 0. The van der Waals surface area contributed by atoms with Crippen molar-refractivity contribution >= 4 is 17.1 Å². The van der Waals surface area contributed by atoms with E-state index in [1.165, 1.54) is 44.5 Å². The topological polar surface area (TPSA) is 12.5 Å². The molecule has 3 aliphatic rings. The summed E-state index contributed by atoms with van der Waals surface area (Å²) in [6, 6.07) is 51.0. The zero-order valence-corrected chi connectivity index (χ0v) is 22.5. The van der Waals surface area contributed by atoms with Crippen molar-refractivity contribution in [2.24, 2.45) is 0 Å².